The topological polar surface area (TPSA) is 110 Å². The van der Waals surface area contributed by atoms with Crippen LogP contribution in [-0.2, 0) is 10.0 Å². The summed E-state index contributed by atoms with van der Waals surface area (Å²) in [6.07, 6.45) is 1.88. The fraction of sp³-hybridized carbons (Fsp3) is 0.455. The molecule has 2 N–H and O–H groups in total. The highest BCUT2D eigenvalue weighted by atomic mass is 35.5. The van der Waals surface area contributed by atoms with E-state index in [4.69, 9.17) is 16.7 Å². The number of aliphatic hydroxyl groups is 1. The highest BCUT2D eigenvalue weighted by molar-refractivity contribution is 7.89. The zero-order chi connectivity index (χ0) is 15.2. The molecule has 20 heavy (non-hydrogen) atoms. The first-order valence-electron chi connectivity index (χ1n) is 5.93. The van der Waals surface area contributed by atoms with Crippen molar-refractivity contribution in [2.24, 2.45) is 0 Å². The van der Waals surface area contributed by atoms with Gasteiger partial charge in [0.05, 0.1) is 9.82 Å². The average Bonchev–Trinajstić information content (AvgIpc) is 2.38. The van der Waals surface area contributed by atoms with Crippen LogP contribution in [0.15, 0.2) is 23.1 Å². The van der Waals surface area contributed by atoms with Crippen molar-refractivity contribution in [1.82, 2.24) is 4.72 Å². The van der Waals surface area contributed by atoms with E-state index in [0.717, 1.165) is 6.07 Å². The van der Waals surface area contributed by atoms with E-state index in [1.54, 1.807) is 0 Å². The molecule has 0 bridgehead atoms. The summed E-state index contributed by atoms with van der Waals surface area (Å²) in [4.78, 5) is 9.78. The fourth-order valence-electron chi connectivity index (χ4n) is 1.50. The quantitative estimate of drug-likeness (QED) is 0.430. The average molecular weight is 323 g/mol. The van der Waals surface area contributed by atoms with Gasteiger partial charge in [0.1, 0.15) is 5.02 Å². The largest absolute Gasteiger partial charge is 0.396 e. The summed E-state index contributed by atoms with van der Waals surface area (Å²) >= 11 is 5.62. The smallest absolute Gasteiger partial charge is 0.289 e. The molecule has 1 aromatic rings. The summed E-state index contributed by atoms with van der Waals surface area (Å²) < 4.78 is 26.2. The van der Waals surface area contributed by atoms with Crippen LogP contribution < -0.4 is 4.72 Å². The lowest BCUT2D eigenvalue weighted by atomic mass is 10.2. The number of sulfonamides is 1. The van der Waals surface area contributed by atoms with E-state index in [1.807, 2.05) is 0 Å². The second-order valence-electron chi connectivity index (χ2n) is 4.05. The van der Waals surface area contributed by atoms with Gasteiger partial charge in [-0.15, -0.1) is 0 Å². The maximum Gasteiger partial charge on any atom is 0.289 e. The van der Waals surface area contributed by atoms with Crippen molar-refractivity contribution in [3.63, 3.8) is 0 Å². The number of hydrogen-bond acceptors (Lipinski definition) is 5. The summed E-state index contributed by atoms with van der Waals surface area (Å²) in [5.41, 5.74) is -0.449. The predicted molar refractivity (Wildman–Crippen MR) is 74.2 cm³/mol. The second-order valence-corrected chi connectivity index (χ2v) is 6.23. The van der Waals surface area contributed by atoms with Gasteiger partial charge >= 0.3 is 0 Å². The summed E-state index contributed by atoms with van der Waals surface area (Å²) in [6.45, 7) is 0.273. The van der Waals surface area contributed by atoms with Gasteiger partial charge in [0.25, 0.3) is 5.69 Å². The maximum atomic E-state index is 11.9. The molecule has 0 aliphatic carbocycles. The van der Waals surface area contributed by atoms with E-state index >= 15 is 0 Å². The molecule has 7 nitrogen and oxygen atoms in total. The highest BCUT2D eigenvalue weighted by Gasteiger charge is 2.20. The third-order valence-corrected chi connectivity index (χ3v) is 4.33. The Morgan fingerprint density at radius 3 is 2.60 bits per heavy atom. The molecule has 0 fully saturated rings. The Labute approximate surface area is 121 Å². The number of aliphatic hydroxyl groups excluding tert-OH is 1. The predicted octanol–water partition coefficient (Wildman–Crippen LogP) is 1.69. The van der Waals surface area contributed by atoms with Crippen LogP contribution in [0.1, 0.15) is 19.3 Å². The van der Waals surface area contributed by atoms with Crippen LogP contribution >= 0.6 is 11.6 Å². The minimum absolute atomic E-state index is 0.0656. The zero-order valence-electron chi connectivity index (χ0n) is 10.6. The number of nitrogens with zero attached hydrogens (tertiary/aromatic N) is 1. The van der Waals surface area contributed by atoms with E-state index in [1.165, 1.54) is 12.1 Å². The molecule has 0 radical (unpaired) electrons. The molecule has 0 aliphatic heterocycles. The summed E-state index contributed by atoms with van der Waals surface area (Å²) in [6, 6.07) is 3.32. The van der Waals surface area contributed by atoms with Gasteiger partial charge in [0.2, 0.25) is 10.0 Å². The molecular weight excluding hydrogens is 308 g/mol. The Morgan fingerprint density at radius 2 is 2.00 bits per heavy atom. The lowest BCUT2D eigenvalue weighted by Crippen LogP contribution is -2.24. The SMILES string of the molecule is O=[N+]([O-])c1cc(S(=O)(=O)NCCCCCO)ccc1Cl. The van der Waals surface area contributed by atoms with E-state index in [2.05, 4.69) is 4.72 Å². The summed E-state index contributed by atoms with van der Waals surface area (Å²) in [7, 11) is -3.80. The molecule has 0 heterocycles. The van der Waals surface area contributed by atoms with Gasteiger partial charge in [-0.3, -0.25) is 10.1 Å². The molecular formula is C11H15ClN2O5S. The molecule has 0 aliphatic rings. The number of rotatable bonds is 8. The van der Waals surface area contributed by atoms with Gasteiger partial charge in [-0.2, -0.15) is 0 Å². The summed E-state index contributed by atoms with van der Waals surface area (Å²) in [5.74, 6) is 0. The Kier molecular flexibility index (Phi) is 6.34. The lowest BCUT2D eigenvalue weighted by Gasteiger charge is -2.06. The first-order valence-corrected chi connectivity index (χ1v) is 7.79. The van der Waals surface area contributed by atoms with Gasteiger partial charge in [0, 0.05) is 19.2 Å². The van der Waals surface area contributed by atoms with Crippen molar-refractivity contribution in [2.75, 3.05) is 13.2 Å². The van der Waals surface area contributed by atoms with E-state index < -0.39 is 20.6 Å². The molecule has 112 valence electrons. The summed E-state index contributed by atoms with van der Waals surface area (Å²) in [5, 5.41) is 19.2. The molecule has 9 heteroatoms. The number of nitrogens with one attached hydrogen (secondary N) is 1. The van der Waals surface area contributed by atoms with Crippen molar-refractivity contribution >= 4 is 27.3 Å². The molecule has 0 amide bonds. The standard InChI is InChI=1S/C11H15ClN2O5S/c12-10-5-4-9(8-11(10)14(16)17)20(18,19)13-6-2-1-3-7-15/h4-5,8,13,15H,1-3,6-7H2. The second kappa shape index (κ2) is 7.53. The third-order valence-electron chi connectivity index (χ3n) is 2.55. The van der Waals surface area contributed by atoms with E-state index in [-0.39, 0.29) is 23.1 Å². The maximum absolute atomic E-state index is 11.9. The van der Waals surface area contributed by atoms with Crippen LogP contribution in [0, 0.1) is 10.1 Å². The number of halogens is 1. The van der Waals surface area contributed by atoms with Crippen LogP contribution in [0.5, 0.6) is 0 Å². The molecule has 1 rings (SSSR count). The minimum atomic E-state index is -3.80. The van der Waals surface area contributed by atoms with Crippen molar-refractivity contribution in [1.29, 1.82) is 0 Å². The third kappa shape index (κ3) is 4.71. The molecule has 0 unspecified atom stereocenters. The number of nitro groups is 1. The Bertz CT molecular complexity index is 576. The van der Waals surface area contributed by atoms with Gasteiger partial charge in [0.15, 0.2) is 0 Å². The number of unbranched alkanes of at least 4 members (excludes halogenated alkanes) is 2. The normalized spacial score (nSPS) is 11.5. The van der Waals surface area contributed by atoms with Crippen LogP contribution in [0.4, 0.5) is 5.69 Å². The Balaban J connectivity index is 2.77. The van der Waals surface area contributed by atoms with Gasteiger partial charge in [-0.25, -0.2) is 13.1 Å². The van der Waals surface area contributed by atoms with Gasteiger partial charge in [-0.05, 0) is 31.4 Å². The van der Waals surface area contributed by atoms with Crippen LogP contribution in [0.25, 0.3) is 0 Å². The number of hydrogen-bond donors (Lipinski definition) is 2. The fourth-order valence-corrected chi connectivity index (χ4v) is 2.78. The molecule has 0 spiro atoms. The zero-order valence-corrected chi connectivity index (χ0v) is 12.2. The molecule has 1 aromatic carbocycles. The monoisotopic (exact) mass is 322 g/mol. The van der Waals surface area contributed by atoms with Gasteiger partial charge in [-0.1, -0.05) is 11.6 Å². The van der Waals surface area contributed by atoms with Crippen molar-refractivity contribution < 1.29 is 18.4 Å². The highest BCUT2D eigenvalue weighted by Crippen LogP contribution is 2.26. The number of benzene rings is 1. The number of nitro benzene ring substituents is 1. The first-order chi connectivity index (χ1) is 9.38. The molecule has 0 saturated carbocycles. The first kappa shape index (κ1) is 16.8. The Hall–Kier alpha value is -1.22. The van der Waals surface area contributed by atoms with Crippen LogP contribution in [0.2, 0.25) is 5.02 Å². The van der Waals surface area contributed by atoms with Crippen molar-refractivity contribution in [3.8, 4) is 0 Å². The lowest BCUT2D eigenvalue weighted by molar-refractivity contribution is -0.384. The van der Waals surface area contributed by atoms with Gasteiger partial charge < -0.3 is 5.11 Å². The van der Waals surface area contributed by atoms with E-state index in [9.17, 15) is 18.5 Å². The van der Waals surface area contributed by atoms with Crippen LogP contribution in [0.3, 0.4) is 0 Å². The molecule has 0 saturated heterocycles. The minimum Gasteiger partial charge on any atom is -0.396 e. The Morgan fingerprint density at radius 1 is 1.30 bits per heavy atom. The molecule has 0 atom stereocenters. The molecule has 0 aromatic heterocycles. The van der Waals surface area contributed by atoms with Crippen LogP contribution in [-0.4, -0.2) is 31.6 Å². The van der Waals surface area contributed by atoms with Crippen molar-refractivity contribution in [2.45, 2.75) is 24.2 Å². The van der Waals surface area contributed by atoms with Crippen molar-refractivity contribution in [3.05, 3.63) is 33.3 Å². The van der Waals surface area contributed by atoms with E-state index in [0.29, 0.717) is 19.3 Å².